The van der Waals surface area contributed by atoms with Crippen molar-refractivity contribution in [1.29, 1.82) is 5.26 Å². The maximum atomic E-state index is 12.8. The molecule has 1 aromatic heterocycles. The highest BCUT2D eigenvalue weighted by atomic mass is 16.1. The van der Waals surface area contributed by atoms with Crippen LogP contribution in [0.1, 0.15) is 45.7 Å². The summed E-state index contributed by atoms with van der Waals surface area (Å²) in [6, 6.07) is 5.64. The lowest BCUT2D eigenvalue weighted by molar-refractivity contribution is -0.122. The Balaban J connectivity index is 1.36. The van der Waals surface area contributed by atoms with Crippen molar-refractivity contribution >= 4 is 11.7 Å². The predicted molar refractivity (Wildman–Crippen MR) is 112 cm³/mol. The maximum Gasteiger partial charge on any atom is 0.220 e. The normalized spacial score (nSPS) is 27.1. The van der Waals surface area contributed by atoms with Crippen molar-refractivity contribution < 1.29 is 4.79 Å². The fourth-order valence-electron chi connectivity index (χ4n) is 4.66. The van der Waals surface area contributed by atoms with Crippen molar-refractivity contribution in [3.63, 3.8) is 0 Å². The summed E-state index contributed by atoms with van der Waals surface area (Å²) in [5, 5.41) is 20.3. The maximum absolute atomic E-state index is 12.8. The second kappa shape index (κ2) is 7.62. The molecule has 2 heterocycles. The number of rotatable bonds is 5. The van der Waals surface area contributed by atoms with Gasteiger partial charge in [0.05, 0.1) is 6.04 Å². The lowest BCUT2D eigenvalue weighted by atomic mass is 9.87. The van der Waals surface area contributed by atoms with Gasteiger partial charge in [0.1, 0.15) is 6.07 Å². The molecule has 1 saturated heterocycles. The molecule has 3 atom stereocenters. The molecular weight excluding hydrogens is 362 g/mol. The number of carbonyl (C=O) groups is 1. The summed E-state index contributed by atoms with van der Waals surface area (Å²) in [7, 11) is 0. The van der Waals surface area contributed by atoms with Crippen LogP contribution < -0.4 is 10.2 Å². The van der Waals surface area contributed by atoms with Crippen molar-refractivity contribution in [2.75, 3.05) is 18.0 Å². The van der Waals surface area contributed by atoms with E-state index in [9.17, 15) is 4.79 Å². The first-order valence-electron chi connectivity index (χ1n) is 10.6. The number of nitrogens with zero attached hydrogens (tertiary/aromatic N) is 4. The first-order chi connectivity index (χ1) is 13.9. The zero-order chi connectivity index (χ0) is 20.6. The van der Waals surface area contributed by atoms with Crippen molar-refractivity contribution in [1.82, 2.24) is 15.5 Å². The number of anilines is 1. The van der Waals surface area contributed by atoms with Gasteiger partial charge in [0.15, 0.2) is 11.5 Å². The number of carbonyl (C=O) groups excluding carboxylic acids is 1. The molecule has 0 radical (unpaired) electrons. The fourth-order valence-corrected chi connectivity index (χ4v) is 4.66. The van der Waals surface area contributed by atoms with E-state index in [2.05, 4.69) is 59.4 Å². The Morgan fingerprint density at radius 2 is 2.17 bits per heavy atom. The molecule has 1 spiro atoms. The van der Waals surface area contributed by atoms with Crippen molar-refractivity contribution in [3.05, 3.63) is 41.6 Å². The van der Waals surface area contributed by atoms with Gasteiger partial charge in [-0.25, -0.2) is 0 Å². The van der Waals surface area contributed by atoms with E-state index in [0.717, 1.165) is 18.9 Å². The van der Waals surface area contributed by atoms with Crippen LogP contribution in [0.4, 0.5) is 5.82 Å². The monoisotopic (exact) mass is 391 g/mol. The minimum atomic E-state index is 0.0713. The Hall–Kier alpha value is -2.68. The third-order valence-electron chi connectivity index (χ3n) is 6.74. The number of amides is 1. The van der Waals surface area contributed by atoms with Gasteiger partial charge >= 0.3 is 0 Å². The minimum absolute atomic E-state index is 0.0713. The average Bonchev–Trinajstić information content (AvgIpc) is 3.40. The van der Waals surface area contributed by atoms with E-state index in [0.29, 0.717) is 29.9 Å². The van der Waals surface area contributed by atoms with Crippen LogP contribution in [0, 0.1) is 34.5 Å². The topological polar surface area (TPSA) is 81.9 Å². The number of aromatic nitrogens is 2. The van der Waals surface area contributed by atoms with Crippen LogP contribution in [-0.4, -0.2) is 35.2 Å². The first-order valence-corrected chi connectivity index (χ1v) is 10.6. The molecule has 0 aromatic carbocycles. The van der Waals surface area contributed by atoms with Crippen LogP contribution in [-0.2, 0) is 4.79 Å². The Morgan fingerprint density at radius 3 is 2.76 bits per heavy atom. The van der Waals surface area contributed by atoms with Crippen molar-refractivity contribution in [2.24, 2.45) is 23.2 Å². The van der Waals surface area contributed by atoms with Gasteiger partial charge in [0, 0.05) is 19.5 Å². The SMILES string of the molecule is CC(C)C1=CC(C)C(NC(=O)CC2CN(c3ccc(C#N)nn3)CC23CC3)C=C1. The number of allylic oxidation sites excluding steroid dienone is 2. The lowest BCUT2D eigenvalue weighted by Crippen LogP contribution is -2.40. The molecule has 1 N–H and O–H groups in total. The predicted octanol–water partition coefficient (Wildman–Crippen LogP) is 3.23. The summed E-state index contributed by atoms with van der Waals surface area (Å²) in [5.74, 6) is 2.09. The van der Waals surface area contributed by atoms with Gasteiger partial charge in [0.25, 0.3) is 0 Å². The number of hydrogen-bond donors (Lipinski definition) is 1. The molecule has 1 aromatic rings. The molecular formula is C23H29N5O. The Morgan fingerprint density at radius 1 is 1.38 bits per heavy atom. The third-order valence-corrected chi connectivity index (χ3v) is 6.74. The Kier molecular flexibility index (Phi) is 5.16. The van der Waals surface area contributed by atoms with E-state index in [-0.39, 0.29) is 17.4 Å². The highest BCUT2D eigenvalue weighted by Gasteiger charge is 2.55. The lowest BCUT2D eigenvalue weighted by Gasteiger charge is -2.26. The molecule has 29 heavy (non-hydrogen) atoms. The molecule has 1 amide bonds. The van der Waals surface area contributed by atoms with Crippen LogP contribution in [0.15, 0.2) is 35.9 Å². The highest BCUT2D eigenvalue weighted by Crippen LogP contribution is 2.57. The van der Waals surface area contributed by atoms with Gasteiger partial charge in [-0.1, -0.05) is 39.0 Å². The van der Waals surface area contributed by atoms with Crippen molar-refractivity contribution in [3.8, 4) is 6.07 Å². The molecule has 2 aliphatic carbocycles. The summed E-state index contributed by atoms with van der Waals surface area (Å²) >= 11 is 0. The van der Waals surface area contributed by atoms with Gasteiger partial charge in [-0.2, -0.15) is 5.26 Å². The van der Waals surface area contributed by atoms with Gasteiger partial charge in [0.2, 0.25) is 5.91 Å². The largest absolute Gasteiger partial charge is 0.354 e. The van der Waals surface area contributed by atoms with E-state index in [1.807, 2.05) is 12.1 Å². The van der Waals surface area contributed by atoms with E-state index in [1.165, 1.54) is 18.4 Å². The molecule has 152 valence electrons. The highest BCUT2D eigenvalue weighted by molar-refractivity contribution is 5.77. The Labute approximate surface area is 172 Å². The first kappa shape index (κ1) is 19.6. The number of hydrogen-bond acceptors (Lipinski definition) is 5. The summed E-state index contributed by atoms with van der Waals surface area (Å²) < 4.78 is 0. The van der Waals surface area contributed by atoms with E-state index >= 15 is 0 Å². The third kappa shape index (κ3) is 4.05. The van der Waals surface area contributed by atoms with Crippen molar-refractivity contribution in [2.45, 2.75) is 46.1 Å². The van der Waals surface area contributed by atoms with Crippen LogP contribution in [0.25, 0.3) is 0 Å². The molecule has 3 aliphatic rings. The standard InChI is InChI=1S/C23H29N5O/c1-15(2)17-4-6-20(16(3)10-17)25-22(29)11-18-13-28(14-23(18)8-9-23)21-7-5-19(12-24)26-27-21/h4-7,10,15-16,18,20H,8-9,11,13-14H2,1-3H3,(H,25,29). The minimum Gasteiger partial charge on any atom is -0.354 e. The molecule has 6 heteroatoms. The van der Waals surface area contributed by atoms with Crippen LogP contribution in [0.5, 0.6) is 0 Å². The molecule has 4 rings (SSSR count). The second-order valence-corrected chi connectivity index (χ2v) is 9.17. The van der Waals surface area contributed by atoms with Gasteiger partial charge < -0.3 is 10.2 Å². The molecule has 3 unspecified atom stereocenters. The van der Waals surface area contributed by atoms with E-state index < -0.39 is 0 Å². The quantitative estimate of drug-likeness (QED) is 0.833. The summed E-state index contributed by atoms with van der Waals surface area (Å²) in [6.45, 7) is 8.30. The van der Waals surface area contributed by atoms with Crippen LogP contribution in [0.3, 0.4) is 0 Å². The van der Waals surface area contributed by atoms with Gasteiger partial charge in [-0.3, -0.25) is 4.79 Å². The molecule has 1 aliphatic heterocycles. The van der Waals surface area contributed by atoms with Crippen LogP contribution >= 0.6 is 0 Å². The zero-order valence-electron chi connectivity index (χ0n) is 17.4. The number of nitrogens with one attached hydrogen (secondary N) is 1. The summed E-state index contributed by atoms with van der Waals surface area (Å²) in [6.07, 6.45) is 9.46. The fraction of sp³-hybridized carbons (Fsp3) is 0.565. The smallest absolute Gasteiger partial charge is 0.220 e. The zero-order valence-corrected chi connectivity index (χ0v) is 17.4. The van der Waals surface area contributed by atoms with Gasteiger partial charge in [-0.15, -0.1) is 10.2 Å². The number of nitriles is 1. The van der Waals surface area contributed by atoms with E-state index in [1.54, 1.807) is 6.07 Å². The van der Waals surface area contributed by atoms with Gasteiger partial charge in [-0.05, 0) is 53.7 Å². The average molecular weight is 392 g/mol. The molecule has 2 fully saturated rings. The van der Waals surface area contributed by atoms with Crippen LogP contribution in [0.2, 0.25) is 0 Å². The second-order valence-electron chi connectivity index (χ2n) is 9.17. The summed E-state index contributed by atoms with van der Waals surface area (Å²) in [4.78, 5) is 15.0. The Bertz CT molecular complexity index is 876. The summed E-state index contributed by atoms with van der Waals surface area (Å²) in [5.41, 5.74) is 1.91. The molecule has 6 nitrogen and oxygen atoms in total. The molecule has 1 saturated carbocycles. The van der Waals surface area contributed by atoms with E-state index in [4.69, 9.17) is 5.26 Å². The molecule has 0 bridgehead atoms.